The number of aromatic nitrogens is 3. The van der Waals surface area contributed by atoms with Crippen molar-refractivity contribution in [3.8, 4) is 0 Å². The summed E-state index contributed by atoms with van der Waals surface area (Å²) in [5.41, 5.74) is 2.09. The third-order valence-corrected chi connectivity index (χ3v) is 18.1. The van der Waals surface area contributed by atoms with E-state index < -0.39 is 84.0 Å². The lowest BCUT2D eigenvalue weighted by molar-refractivity contribution is -0.437. The largest absolute Gasteiger partial charge is 0.593 e. The van der Waals surface area contributed by atoms with Gasteiger partial charge in [0, 0.05) is 97.5 Å². The van der Waals surface area contributed by atoms with Crippen LogP contribution in [0.3, 0.4) is 0 Å². The Bertz CT molecular complexity index is 3620. The van der Waals surface area contributed by atoms with Crippen LogP contribution in [0.4, 0.5) is 11.4 Å². The third kappa shape index (κ3) is 13.1. The molecule has 1 unspecified atom stereocenters. The Kier molecular flexibility index (Phi) is 17.0. The second kappa shape index (κ2) is 22.3. The molecule has 1 atom stereocenters. The Labute approximate surface area is 440 Å². The van der Waals surface area contributed by atoms with E-state index in [9.17, 15) is 61.2 Å². The van der Waals surface area contributed by atoms with Crippen molar-refractivity contribution >= 4 is 96.4 Å². The van der Waals surface area contributed by atoms with Crippen LogP contribution < -0.4 is 10.2 Å². The number of anilines is 1. The third-order valence-electron chi connectivity index (χ3n) is 13.3. The number of nitrogens with one attached hydrogen (secondary N) is 1. The van der Waals surface area contributed by atoms with Crippen molar-refractivity contribution in [1.82, 2.24) is 24.6 Å². The van der Waals surface area contributed by atoms with E-state index in [1.54, 1.807) is 83.6 Å². The molecule has 1 amide bonds. The standard InChI is InChI=1S/C49H59N7O14S5/c1-48(2)43(16-7-6-8-17-44-49(3,4)47-38-32-34(74(65,66)67)33-42(75(68,69)70)36(38)20-22-40(47)56(44)28-13-31-73(62,63)64)55(27-12-30-72(59,60)61)39-21-19-35-37(46(39)48)14-9-15-41(35)71(58)53(5)25-10-18-45(57)50-23-11-26-54-29-24-51-52-54/h6-9,14-17,19-22,24,29,32-33H,10-13,18,23,25-28,30-31H2,1-5H3,(H4-,50,57,59,60,61,62,63,64,65,66,67,68,69,70)/p+1. The van der Waals surface area contributed by atoms with Crippen molar-refractivity contribution in [3.63, 3.8) is 0 Å². The van der Waals surface area contributed by atoms with Crippen LogP contribution in [-0.4, -0.2) is 137 Å². The van der Waals surface area contributed by atoms with Crippen molar-refractivity contribution in [2.45, 2.75) is 91.9 Å². The average Bonchev–Trinajstić information content (AvgIpc) is 3.97. The molecule has 0 spiro atoms. The molecule has 0 aliphatic carbocycles. The van der Waals surface area contributed by atoms with Crippen LogP contribution >= 0.6 is 0 Å². The molecule has 0 radical (unpaired) electrons. The molecule has 4 aromatic carbocycles. The Morgan fingerprint density at radius 2 is 1.49 bits per heavy atom. The Morgan fingerprint density at radius 1 is 0.787 bits per heavy atom. The first kappa shape index (κ1) is 57.3. The topological polar surface area (TPSA) is 310 Å². The molecular weight excluding hydrogens is 1070 g/mol. The molecule has 0 bridgehead atoms. The fraction of sp³-hybridized carbons (Fsp3) is 0.388. The summed E-state index contributed by atoms with van der Waals surface area (Å²) < 4.78 is 156. The van der Waals surface area contributed by atoms with Crippen LogP contribution in [0, 0.1) is 0 Å². The van der Waals surface area contributed by atoms with Gasteiger partial charge in [0.15, 0.2) is 10.6 Å². The molecule has 404 valence electrons. The fourth-order valence-electron chi connectivity index (χ4n) is 10.0. The predicted molar refractivity (Wildman–Crippen MR) is 285 cm³/mol. The lowest BCUT2D eigenvalue weighted by Gasteiger charge is -2.27. The van der Waals surface area contributed by atoms with Crippen LogP contribution in [0.15, 0.2) is 118 Å². The molecular formula is C49H60N7O14S5+. The highest BCUT2D eigenvalue weighted by Gasteiger charge is 2.46. The second-order valence-electron chi connectivity index (χ2n) is 19.3. The van der Waals surface area contributed by atoms with Crippen LogP contribution in [0.5, 0.6) is 0 Å². The molecule has 75 heavy (non-hydrogen) atoms. The first-order valence-electron chi connectivity index (χ1n) is 23.8. The molecule has 26 heteroatoms. The number of fused-ring (bicyclic) bond motifs is 6. The first-order chi connectivity index (χ1) is 35.0. The van der Waals surface area contributed by atoms with Crippen molar-refractivity contribution in [1.29, 1.82) is 0 Å². The number of hydrogen-bond donors (Lipinski definition) is 5. The van der Waals surface area contributed by atoms with Gasteiger partial charge in [-0.15, -0.1) is 9.40 Å². The van der Waals surface area contributed by atoms with Gasteiger partial charge >= 0.3 is 0 Å². The minimum absolute atomic E-state index is 0.0293. The fourth-order valence-corrected chi connectivity index (χ4v) is 13.5. The number of aryl methyl sites for hydroxylation is 1. The lowest BCUT2D eigenvalue weighted by Crippen LogP contribution is -2.30. The molecule has 5 N–H and O–H groups in total. The van der Waals surface area contributed by atoms with Gasteiger partial charge in [-0.05, 0) is 85.9 Å². The zero-order valence-electron chi connectivity index (χ0n) is 41.8. The number of allylic oxidation sites excluding steroid dienone is 6. The van der Waals surface area contributed by atoms with Crippen LogP contribution in [0.2, 0.25) is 0 Å². The number of nitrogens with zero attached hydrogens (tertiary/aromatic N) is 6. The quantitative estimate of drug-likeness (QED) is 0.0171. The molecule has 5 aromatic rings. The van der Waals surface area contributed by atoms with E-state index in [4.69, 9.17) is 0 Å². The van der Waals surface area contributed by atoms with E-state index in [1.807, 2.05) is 48.8 Å². The zero-order chi connectivity index (χ0) is 54.9. The highest BCUT2D eigenvalue weighted by Crippen LogP contribution is 2.52. The van der Waals surface area contributed by atoms with Crippen LogP contribution in [0.25, 0.3) is 21.5 Å². The number of benzene rings is 4. The number of amides is 1. The van der Waals surface area contributed by atoms with Gasteiger partial charge in [0.1, 0.15) is 11.4 Å². The smallest absolute Gasteiger partial charge is 0.295 e. The summed E-state index contributed by atoms with van der Waals surface area (Å²) in [5.74, 6) is -1.18. The van der Waals surface area contributed by atoms with Crippen molar-refractivity contribution in [2.75, 3.05) is 49.6 Å². The van der Waals surface area contributed by atoms with Crippen molar-refractivity contribution in [2.24, 2.45) is 0 Å². The Balaban J connectivity index is 1.18. The van der Waals surface area contributed by atoms with E-state index in [0.29, 0.717) is 60.4 Å². The maximum absolute atomic E-state index is 14.2. The van der Waals surface area contributed by atoms with Gasteiger partial charge in [0.2, 0.25) is 11.6 Å². The Morgan fingerprint density at radius 3 is 2.16 bits per heavy atom. The molecule has 21 nitrogen and oxygen atoms in total. The zero-order valence-corrected chi connectivity index (χ0v) is 45.9. The van der Waals surface area contributed by atoms with Gasteiger partial charge in [0.05, 0.1) is 39.4 Å². The van der Waals surface area contributed by atoms with Gasteiger partial charge in [-0.1, -0.05) is 55.5 Å². The summed E-state index contributed by atoms with van der Waals surface area (Å²) in [6.45, 7) is 9.33. The Hall–Kier alpha value is -5.39. The van der Waals surface area contributed by atoms with Gasteiger partial charge in [-0.25, -0.2) is 0 Å². The number of carbonyl (C=O) groups excluding carboxylic acids is 1. The summed E-state index contributed by atoms with van der Waals surface area (Å²) in [6, 6.07) is 14.1. The van der Waals surface area contributed by atoms with Crippen LogP contribution in [0.1, 0.15) is 70.9 Å². The summed E-state index contributed by atoms with van der Waals surface area (Å²) in [6.07, 6.45) is 13.6. The molecule has 2 aliphatic heterocycles. The van der Waals surface area contributed by atoms with Crippen molar-refractivity contribution < 1.29 is 65.8 Å². The van der Waals surface area contributed by atoms with E-state index in [0.717, 1.165) is 33.8 Å². The van der Waals surface area contributed by atoms with Gasteiger partial charge in [0.25, 0.3) is 40.5 Å². The number of carbonyl (C=O) groups is 1. The summed E-state index contributed by atoms with van der Waals surface area (Å²) in [4.78, 5) is 13.4. The summed E-state index contributed by atoms with van der Waals surface area (Å²) in [7, 11) is -16.9. The van der Waals surface area contributed by atoms with Crippen molar-refractivity contribution in [3.05, 3.63) is 114 Å². The van der Waals surface area contributed by atoms with E-state index in [2.05, 4.69) is 15.6 Å². The first-order valence-corrected chi connectivity index (χ1v) is 31.0. The minimum atomic E-state index is -5.01. The van der Waals surface area contributed by atoms with E-state index in [1.165, 1.54) is 6.07 Å². The van der Waals surface area contributed by atoms with Crippen LogP contribution in [-0.2, 0) is 74.0 Å². The molecule has 3 heterocycles. The molecule has 1 aromatic heterocycles. The van der Waals surface area contributed by atoms with E-state index in [-0.39, 0.29) is 49.0 Å². The maximum atomic E-state index is 14.2. The summed E-state index contributed by atoms with van der Waals surface area (Å²) in [5, 5.41) is 12.2. The average molecular weight is 1130 g/mol. The summed E-state index contributed by atoms with van der Waals surface area (Å²) >= 11 is -1.61. The normalized spacial score (nSPS) is 16.8. The molecule has 0 fully saturated rings. The lowest BCUT2D eigenvalue weighted by atomic mass is 9.79. The molecule has 0 saturated heterocycles. The highest BCUT2D eigenvalue weighted by atomic mass is 32.2. The van der Waals surface area contributed by atoms with Gasteiger partial charge in [-0.3, -0.25) is 27.7 Å². The number of rotatable bonds is 23. The highest BCUT2D eigenvalue weighted by molar-refractivity contribution is 7.89. The maximum Gasteiger partial charge on any atom is 0.295 e. The monoisotopic (exact) mass is 1130 g/mol. The SMILES string of the molecule is CN(CCCC(=O)NCCCn1ccnn1)[S+]([O-])c1cccc2c3c(ccc12)[N+](CCCS(=O)(=O)O)=C(/C=C/C=C/C=C1/N(CCCS(=O)(=O)O)c2ccc4c(S(=O)(=O)O)cc(S(=O)(=O)O)cc4c2C1(C)C)C3(C)C. The second-order valence-corrected chi connectivity index (χ2v) is 26.8. The minimum Gasteiger partial charge on any atom is -0.593 e. The predicted octanol–water partition coefficient (Wildman–Crippen LogP) is 5.75. The van der Waals surface area contributed by atoms with Gasteiger partial charge < -0.3 is 14.8 Å². The molecule has 0 saturated carbocycles. The molecule has 2 aliphatic rings. The van der Waals surface area contributed by atoms with E-state index >= 15 is 0 Å². The molecule has 7 rings (SSSR count). The van der Waals surface area contributed by atoms with Gasteiger partial charge in [-0.2, -0.15) is 38.2 Å². The number of hydrogen-bond acceptors (Lipinski definition) is 14.